The molecule has 1 heterocycles. The first-order valence-electron chi connectivity index (χ1n) is 7.39. The number of amides is 1. The van der Waals surface area contributed by atoms with Crippen molar-refractivity contribution in [2.45, 2.75) is 12.5 Å². The molecule has 2 aromatic rings. The number of anilines is 1. The molecule has 1 atom stereocenters. The quantitative estimate of drug-likeness (QED) is 0.835. The van der Waals surface area contributed by atoms with Crippen molar-refractivity contribution in [2.24, 2.45) is 0 Å². The van der Waals surface area contributed by atoms with E-state index in [1.54, 1.807) is 42.5 Å². The number of rotatable bonds is 3. The molecule has 0 saturated heterocycles. The largest absolute Gasteiger partial charge is 0.322 e. The lowest BCUT2D eigenvalue weighted by Crippen LogP contribution is -2.42. The fourth-order valence-electron chi connectivity index (χ4n) is 2.55. The van der Waals surface area contributed by atoms with E-state index in [0.717, 1.165) is 0 Å². The van der Waals surface area contributed by atoms with Crippen molar-refractivity contribution in [3.63, 3.8) is 0 Å². The van der Waals surface area contributed by atoms with Gasteiger partial charge in [0.05, 0.1) is 11.7 Å². The Morgan fingerprint density at radius 3 is 2.65 bits per heavy atom. The van der Waals surface area contributed by atoms with Gasteiger partial charge in [-0.25, -0.2) is 4.39 Å². The van der Waals surface area contributed by atoms with Gasteiger partial charge in [0.1, 0.15) is 0 Å². The van der Waals surface area contributed by atoms with Crippen molar-refractivity contribution in [2.75, 3.05) is 11.9 Å². The lowest BCUT2D eigenvalue weighted by atomic mass is 10.0. The van der Waals surface area contributed by atoms with Crippen LogP contribution in [-0.4, -0.2) is 18.5 Å². The molecule has 3 rings (SSSR count). The monoisotopic (exact) mass is 330 g/mol. The van der Waals surface area contributed by atoms with Crippen molar-refractivity contribution < 1.29 is 9.18 Å². The Kier molecular flexibility index (Phi) is 4.74. The van der Waals surface area contributed by atoms with Crippen LogP contribution in [0.1, 0.15) is 6.42 Å². The number of hydrogen-bond acceptors (Lipinski definition) is 2. The highest BCUT2D eigenvalue weighted by molar-refractivity contribution is 6.33. The van der Waals surface area contributed by atoms with Gasteiger partial charge in [0, 0.05) is 22.7 Å². The molecule has 0 spiro atoms. The third kappa shape index (κ3) is 3.44. The topological polar surface area (TPSA) is 41.1 Å². The van der Waals surface area contributed by atoms with Crippen LogP contribution in [0.3, 0.4) is 0 Å². The van der Waals surface area contributed by atoms with Gasteiger partial charge in [-0.2, -0.15) is 0 Å². The summed E-state index contributed by atoms with van der Waals surface area (Å²) in [5.74, 6) is -0.732. The van der Waals surface area contributed by atoms with Gasteiger partial charge in [0.2, 0.25) is 5.91 Å². The van der Waals surface area contributed by atoms with Gasteiger partial charge in [-0.3, -0.25) is 4.79 Å². The van der Waals surface area contributed by atoms with E-state index in [2.05, 4.69) is 10.6 Å². The van der Waals surface area contributed by atoms with Gasteiger partial charge < -0.3 is 10.6 Å². The van der Waals surface area contributed by atoms with Gasteiger partial charge in [-0.1, -0.05) is 54.1 Å². The van der Waals surface area contributed by atoms with E-state index >= 15 is 0 Å². The van der Waals surface area contributed by atoms with Gasteiger partial charge in [-0.15, -0.1) is 0 Å². The first-order valence-corrected chi connectivity index (χ1v) is 7.77. The van der Waals surface area contributed by atoms with Crippen LogP contribution in [0.2, 0.25) is 5.02 Å². The zero-order valence-corrected chi connectivity index (χ0v) is 13.1. The lowest BCUT2D eigenvalue weighted by molar-refractivity contribution is -0.118. The van der Waals surface area contributed by atoms with Crippen molar-refractivity contribution in [3.05, 3.63) is 65.5 Å². The number of carbonyl (C=O) groups excluding carboxylic acids is 1. The Bertz CT molecular complexity index is 760. The molecule has 2 aromatic carbocycles. The average Bonchev–Trinajstić information content (AvgIpc) is 2.58. The highest BCUT2D eigenvalue weighted by Crippen LogP contribution is 2.32. The van der Waals surface area contributed by atoms with E-state index < -0.39 is 5.82 Å². The van der Waals surface area contributed by atoms with E-state index in [4.69, 9.17) is 11.6 Å². The van der Waals surface area contributed by atoms with E-state index in [1.807, 2.05) is 12.2 Å². The molecule has 0 radical (unpaired) electrons. The third-order valence-corrected chi connectivity index (χ3v) is 4.09. The molecule has 3 nitrogen and oxygen atoms in total. The zero-order valence-electron chi connectivity index (χ0n) is 12.4. The van der Waals surface area contributed by atoms with Gasteiger partial charge in [0.25, 0.3) is 0 Å². The van der Waals surface area contributed by atoms with Crippen molar-refractivity contribution >= 4 is 23.2 Å². The first kappa shape index (κ1) is 15.7. The summed E-state index contributed by atoms with van der Waals surface area (Å²) in [4.78, 5) is 12.2. The molecular weight excluding hydrogens is 315 g/mol. The highest BCUT2D eigenvalue weighted by Gasteiger charge is 2.20. The van der Waals surface area contributed by atoms with Crippen molar-refractivity contribution in [1.29, 1.82) is 0 Å². The molecule has 0 saturated carbocycles. The summed E-state index contributed by atoms with van der Waals surface area (Å²) in [5, 5.41) is 6.19. The predicted octanol–water partition coefficient (Wildman–Crippen LogP) is 4.00. The fraction of sp³-hybridized carbons (Fsp3) is 0.167. The highest BCUT2D eigenvalue weighted by atomic mass is 35.5. The molecule has 1 aliphatic heterocycles. The summed E-state index contributed by atoms with van der Waals surface area (Å²) < 4.78 is 14.8. The van der Waals surface area contributed by atoms with E-state index in [0.29, 0.717) is 29.1 Å². The van der Waals surface area contributed by atoms with Crippen molar-refractivity contribution in [1.82, 2.24) is 5.32 Å². The van der Waals surface area contributed by atoms with E-state index in [9.17, 15) is 9.18 Å². The molecular formula is C18H16ClFN2O. The summed E-state index contributed by atoms with van der Waals surface area (Å²) in [5.41, 5.74) is 1.12. The molecule has 1 amide bonds. The van der Waals surface area contributed by atoms with Crippen LogP contribution in [0.5, 0.6) is 0 Å². The molecule has 0 bridgehead atoms. The normalized spacial score (nSPS) is 17.0. The number of hydrogen-bond donors (Lipinski definition) is 2. The minimum Gasteiger partial charge on any atom is -0.322 e. The molecule has 1 aliphatic rings. The van der Waals surface area contributed by atoms with Crippen LogP contribution in [0.25, 0.3) is 11.1 Å². The summed E-state index contributed by atoms with van der Waals surface area (Å²) in [6.07, 6.45) is 4.50. The maximum Gasteiger partial charge on any atom is 0.241 e. The number of nitrogens with one attached hydrogen (secondary N) is 2. The van der Waals surface area contributed by atoms with Crippen LogP contribution in [0.4, 0.5) is 10.1 Å². The van der Waals surface area contributed by atoms with Crippen LogP contribution < -0.4 is 10.6 Å². The Morgan fingerprint density at radius 2 is 1.91 bits per heavy atom. The Hall–Kier alpha value is -2.17. The van der Waals surface area contributed by atoms with Crippen LogP contribution in [-0.2, 0) is 4.79 Å². The summed E-state index contributed by atoms with van der Waals surface area (Å²) in [6, 6.07) is 11.6. The summed E-state index contributed by atoms with van der Waals surface area (Å²) in [6.45, 7) is 0.639. The summed E-state index contributed by atoms with van der Waals surface area (Å²) in [7, 11) is 0. The van der Waals surface area contributed by atoms with Gasteiger partial charge >= 0.3 is 0 Å². The van der Waals surface area contributed by atoms with E-state index in [-0.39, 0.29) is 17.6 Å². The molecule has 0 aliphatic carbocycles. The first-order chi connectivity index (χ1) is 11.2. The minimum atomic E-state index is -0.486. The minimum absolute atomic E-state index is 0.156. The number of benzene rings is 2. The average molecular weight is 331 g/mol. The number of halogens is 2. The molecule has 5 heteroatoms. The second-order valence-electron chi connectivity index (χ2n) is 5.30. The molecule has 23 heavy (non-hydrogen) atoms. The number of carbonyl (C=O) groups is 1. The lowest BCUT2D eigenvalue weighted by Gasteiger charge is -2.19. The Labute approximate surface area is 139 Å². The summed E-state index contributed by atoms with van der Waals surface area (Å²) >= 11 is 6.14. The molecule has 0 fully saturated rings. The Morgan fingerprint density at radius 1 is 1.13 bits per heavy atom. The fourth-order valence-corrected chi connectivity index (χ4v) is 2.78. The smallest absolute Gasteiger partial charge is 0.241 e. The van der Waals surface area contributed by atoms with Crippen molar-refractivity contribution in [3.8, 4) is 11.1 Å². The zero-order chi connectivity index (χ0) is 16.2. The molecule has 0 unspecified atom stereocenters. The Balaban J connectivity index is 1.87. The molecule has 118 valence electrons. The second kappa shape index (κ2) is 6.94. The van der Waals surface area contributed by atoms with Gasteiger partial charge in [0.15, 0.2) is 5.82 Å². The standard InChI is InChI=1S/C18H16ClFN2O/c19-14-8-2-1-6-12(14)13-7-5-10-15(17(13)20)22-18(23)16-9-3-4-11-21-16/h1-8,10,16,21H,9,11H2,(H,22,23)/t16-/m0/s1. The second-order valence-corrected chi connectivity index (χ2v) is 5.71. The molecule has 2 N–H and O–H groups in total. The van der Waals surface area contributed by atoms with Crippen LogP contribution >= 0.6 is 11.6 Å². The SMILES string of the molecule is O=C(Nc1cccc(-c2ccccc2Cl)c1F)[C@@H]1CC=CCN1. The molecule has 0 aromatic heterocycles. The van der Waals surface area contributed by atoms with Crippen LogP contribution in [0, 0.1) is 5.82 Å². The van der Waals surface area contributed by atoms with E-state index in [1.165, 1.54) is 0 Å². The maximum absolute atomic E-state index is 14.8. The third-order valence-electron chi connectivity index (χ3n) is 3.76. The van der Waals surface area contributed by atoms with Crippen LogP contribution in [0.15, 0.2) is 54.6 Å². The van der Waals surface area contributed by atoms with Gasteiger partial charge in [-0.05, 0) is 18.6 Å². The predicted molar refractivity (Wildman–Crippen MR) is 91.0 cm³/mol. The maximum atomic E-state index is 14.8.